The second-order valence-corrected chi connectivity index (χ2v) is 7.00. The molecule has 0 spiro atoms. The van der Waals surface area contributed by atoms with Crippen molar-refractivity contribution in [1.82, 2.24) is 0 Å². The van der Waals surface area contributed by atoms with Crippen LogP contribution in [0, 0.1) is 0 Å². The van der Waals surface area contributed by atoms with E-state index in [-0.39, 0.29) is 12.2 Å². The Morgan fingerprint density at radius 1 is 1.06 bits per heavy atom. The highest BCUT2D eigenvalue weighted by atomic mass is 16.7. The number of ether oxygens (including phenoxy) is 4. The van der Waals surface area contributed by atoms with Gasteiger partial charge < -0.3 is 34.3 Å². The van der Waals surface area contributed by atoms with E-state index in [0.29, 0.717) is 12.4 Å². The zero-order valence-corrected chi connectivity index (χ0v) is 16.9. The molecule has 0 saturated carbocycles. The van der Waals surface area contributed by atoms with Crippen LogP contribution in [0.5, 0.6) is 5.75 Å². The van der Waals surface area contributed by atoms with E-state index in [1.54, 1.807) is 12.1 Å². The molecule has 166 valence electrons. The first-order valence-electron chi connectivity index (χ1n) is 9.86. The number of carbonyl (C=O) groups is 1. The van der Waals surface area contributed by atoms with Crippen LogP contribution in [0.4, 0.5) is 0 Å². The summed E-state index contributed by atoms with van der Waals surface area (Å²) < 4.78 is 21.7. The molecule has 0 unspecified atom stereocenters. The molecular formula is C23H26O8. The summed E-state index contributed by atoms with van der Waals surface area (Å²) in [6.07, 6.45) is -5.04. The van der Waals surface area contributed by atoms with Gasteiger partial charge in [-0.05, 0) is 29.8 Å². The number of hydrogen-bond donors (Lipinski definition) is 3. The second-order valence-electron chi connectivity index (χ2n) is 7.00. The largest absolute Gasteiger partial charge is 0.489 e. The highest BCUT2D eigenvalue weighted by Crippen LogP contribution is 2.25. The van der Waals surface area contributed by atoms with Gasteiger partial charge in [-0.2, -0.15) is 0 Å². The molecule has 0 bridgehead atoms. The van der Waals surface area contributed by atoms with E-state index in [4.69, 9.17) is 18.9 Å². The SMILES string of the molecule is C=CCO[C@@H]1O[C@H](CO)[C@@H](O)[C@H](OC(=O)c2ccc(OCc3ccccc3)cc2)[C@H]1O. The maximum Gasteiger partial charge on any atom is 0.338 e. The highest BCUT2D eigenvalue weighted by molar-refractivity contribution is 5.89. The molecule has 1 aliphatic rings. The summed E-state index contributed by atoms with van der Waals surface area (Å²) in [7, 11) is 0. The molecule has 8 nitrogen and oxygen atoms in total. The number of hydrogen-bond acceptors (Lipinski definition) is 8. The highest BCUT2D eigenvalue weighted by Gasteiger charge is 2.47. The molecule has 1 aliphatic heterocycles. The molecule has 5 atom stereocenters. The van der Waals surface area contributed by atoms with E-state index in [0.717, 1.165) is 5.56 Å². The van der Waals surface area contributed by atoms with Gasteiger partial charge in [0.15, 0.2) is 12.4 Å². The fraction of sp³-hybridized carbons (Fsp3) is 0.348. The van der Waals surface area contributed by atoms with Crippen LogP contribution < -0.4 is 4.74 Å². The third-order valence-corrected chi connectivity index (χ3v) is 4.78. The van der Waals surface area contributed by atoms with Crippen LogP contribution in [0.15, 0.2) is 67.3 Å². The van der Waals surface area contributed by atoms with Crippen molar-refractivity contribution in [2.75, 3.05) is 13.2 Å². The van der Waals surface area contributed by atoms with Gasteiger partial charge in [0.2, 0.25) is 0 Å². The summed E-state index contributed by atoms with van der Waals surface area (Å²) in [4.78, 5) is 12.6. The first kappa shape index (κ1) is 22.9. The number of aliphatic hydroxyl groups excluding tert-OH is 3. The van der Waals surface area contributed by atoms with Gasteiger partial charge >= 0.3 is 5.97 Å². The van der Waals surface area contributed by atoms with E-state index in [2.05, 4.69) is 6.58 Å². The van der Waals surface area contributed by atoms with Crippen molar-refractivity contribution in [3.63, 3.8) is 0 Å². The van der Waals surface area contributed by atoms with Gasteiger partial charge in [0, 0.05) is 0 Å². The van der Waals surface area contributed by atoms with Crippen LogP contribution in [0.25, 0.3) is 0 Å². The third-order valence-electron chi connectivity index (χ3n) is 4.78. The maximum absolute atomic E-state index is 12.6. The van der Waals surface area contributed by atoms with Gasteiger partial charge in [0.05, 0.1) is 18.8 Å². The standard InChI is InChI=1S/C23H26O8/c1-2-12-28-23-20(26)21(19(25)18(13-24)30-23)31-22(27)16-8-10-17(11-9-16)29-14-15-6-4-3-5-7-15/h2-11,18-21,23-26H,1,12-14H2/t18-,19-,20-,21+,23-/m1/s1. The Morgan fingerprint density at radius 2 is 1.77 bits per heavy atom. The molecule has 8 heteroatoms. The van der Waals surface area contributed by atoms with Gasteiger partial charge in [-0.15, -0.1) is 6.58 Å². The molecule has 31 heavy (non-hydrogen) atoms. The molecule has 1 saturated heterocycles. The number of carbonyl (C=O) groups excluding carboxylic acids is 1. The maximum atomic E-state index is 12.6. The Bertz CT molecular complexity index is 838. The number of rotatable bonds is 9. The van der Waals surface area contributed by atoms with E-state index in [1.807, 2.05) is 30.3 Å². The zero-order valence-electron chi connectivity index (χ0n) is 16.9. The number of aliphatic hydroxyl groups is 3. The summed E-state index contributed by atoms with van der Waals surface area (Å²) in [5.41, 5.74) is 1.22. The van der Waals surface area contributed by atoms with Crippen LogP contribution in [0.3, 0.4) is 0 Å². The van der Waals surface area contributed by atoms with Crippen molar-refractivity contribution < 1.29 is 39.1 Å². The number of esters is 1. The molecule has 0 radical (unpaired) electrons. The molecular weight excluding hydrogens is 404 g/mol. The predicted molar refractivity (Wildman–Crippen MR) is 110 cm³/mol. The molecule has 1 heterocycles. The average Bonchev–Trinajstić information content (AvgIpc) is 2.81. The first-order valence-corrected chi connectivity index (χ1v) is 9.86. The predicted octanol–water partition coefficient (Wildman–Crippen LogP) is 1.43. The summed E-state index contributed by atoms with van der Waals surface area (Å²) in [5, 5.41) is 30.2. The molecule has 1 fully saturated rings. The van der Waals surface area contributed by atoms with Gasteiger partial charge in [-0.25, -0.2) is 4.79 Å². The normalized spacial score (nSPS) is 25.6. The Balaban J connectivity index is 1.62. The van der Waals surface area contributed by atoms with Crippen LogP contribution in [-0.2, 0) is 20.8 Å². The summed E-state index contributed by atoms with van der Waals surface area (Å²) in [6.45, 7) is 3.43. The molecule has 0 aliphatic carbocycles. The Kier molecular flexibility index (Phi) is 8.16. The topological polar surface area (TPSA) is 115 Å². The second kappa shape index (κ2) is 11.0. The lowest BCUT2D eigenvalue weighted by atomic mass is 9.99. The van der Waals surface area contributed by atoms with E-state index >= 15 is 0 Å². The van der Waals surface area contributed by atoms with Crippen LogP contribution in [-0.4, -0.2) is 65.2 Å². The fourth-order valence-electron chi connectivity index (χ4n) is 3.11. The molecule has 0 amide bonds. The molecule has 0 aromatic heterocycles. The average molecular weight is 430 g/mol. The molecule has 3 rings (SSSR count). The van der Waals surface area contributed by atoms with Crippen molar-refractivity contribution in [2.24, 2.45) is 0 Å². The summed E-state index contributed by atoms with van der Waals surface area (Å²) >= 11 is 0. The van der Waals surface area contributed by atoms with E-state index in [9.17, 15) is 20.1 Å². The van der Waals surface area contributed by atoms with E-state index < -0.39 is 43.3 Å². The van der Waals surface area contributed by atoms with Crippen molar-refractivity contribution in [1.29, 1.82) is 0 Å². The van der Waals surface area contributed by atoms with Crippen molar-refractivity contribution in [3.05, 3.63) is 78.4 Å². The van der Waals surface area contributed by atoms with Gasteiger partial charge in [-0.1, -0.05) is 36.4 Å². The van der Waals surface area contributed by atoms with Crippen LogP contribution >= 0.6 is 0 Å². The van der Waals surface area contributed by atoms with Crippen LogP contribution in [0.1, 0.15) is 15.9 Å². The molecule has 3 N–H and O–H groups in total. The number of benzene rings is 2. The lowest BCUT2D eigenvalue weighted by Crippen LogP contribution is -2.60. The smallest absolute Gasteiger partial charge is 0.338 e. The van der Waals surface area contributed by atoms with Crippen LogP contribution in [0.2, 0.25) is 0 Å². The van der Waals surface area contributed by atoms with Gasteiger partial charge in [0.1, 0.15) is 30.7 Å². The van der Waals surface area contributed by atoms with Crippen molar-refractivity contribution in [2.45, 2.75) is 37.3 Å². The molecule has 2 aromatic carbocycles. The Labute approximate surface area is 180 Å². The minimum Gasteiger partial charge on any atom is -0.489 e. The van der Waals surface area contributed by atoms with Crippen molar-refractivity contribution >= 4 is 5.97 Å². The van der Waals surface area contributed by atoms with Gasteiger partial charge in [0.25, 0.3) is 0 Å². The van der Waals surface area contributed by atoms with E-state index in [1.165, 1.54) is 18.2 Å². The lowest BCUT2D eigenvalue weighted by molar-refractivity contribution is -0.297. The minimum absolute atomic E-state index is 0.0705. The monoisotopic (exact) mass is 430 g/mol. The molecule has 2 aromatic rings. The lowest BCUT2D eigenvalue weighted by Gasteiger charge is -2.41. The summed E-state index contributed by atoms with van der Waals surface area (Å²) in [6, 6.07) is 16.0. The quantitative estimate of drug-likeness (QED) is 0.404. The van der Waals surface area contributed by atoms with Gasteiger partial charge in [-0.3, -0.25) is 0 Å². The summed E-state index contributed by atoms with van der Waals surface area (Å²) in [5.74, 6) is -0.177. The van der Waals surface area contributed by atoms with Crippen molar-refractivity contribution in [3.8, 4) is 5.75 Å². The minimum atomic E-state index is -1.45. The Morgan fingerprint density at radius 3 is 2.42 bits per heavy atom. The zero-order chi connectivity index (χ0) is 22.2. The Hall–Kier alpha value is -2.75. The first-order chi connectivity index (χ1) is 15.0. The third kappa shape index (κ3) is 5.90. The fourth-order valence-corrected chi connectivity index (χ4v) is 3.11.